The predicted octanol–water partition coefficient (Wildman–Crippen LogP) is 5.30. The number of halogens is 2. The summed E-state index contributed by atoms with van der Waals surface area (Å²) >= 11 is 0. The van der Waals surface area contributed by atoms with Crippen molar-refractivity contribution in [3.05, 3.63) is 30.1 Å². The van der Waals surface area contributed by atoms with Crippen LogP contribution in [0.3, 0.4) is 0 Å². The zero-order valence-electron chi connectivity index (χ0n) is 13.3. The van der Waals surface area contributed by atoms with Gasteiger partial charge in [-0.05, 0) is 87.7 Å². The summed E-state index contributed by atoms with van der Waals surface area (Å²) in [5, 5.41) is 0. The van der Waals surface area contributed by atoms with E-state index in [4.69, 9.17) is 0 Å². The molecule has 2 aliphatic rings. The van der Waals surface area contributed by atoms with Gasteiger partial charge in [-0.15, -0.1) is 0 Å². The van der Waals surface area contributed by atoms with Crippen molar-refractivity contribution in [1.82, 2.24) is 4.98 Å². The number of rotatable bonds is 4. The zero-order valence-corrected chi connectivity index (χ0v) is 13.3. The fraction of sp³-hybridized carbons (Fsp3) is 0.737. The van der Waals surface area contributed by atoms with Crippen LogP contribution in [0.2, 0.25) is 0 Å². The molecule has 0 aromatic carbocycles. The Balaban J connectivity index is 1.70. The van der Waals surface area contributed by atoms with E-state index in [0.717, 1.165) is 37.8 Å². The molecule has 0 bridgehead atoms. The summed E-state index contributed by atoms with van der Waals surface area (Å²) < 4.78 is 27.0. The largest absolute Gasteiger partial charge is 0.261 e. The molecule has 0 unspecified atom stereocenters. The molecule has 122 valence electrons. The topological polar surface area (TPSA) is 12.9 Å². The van der Waals surface area contributed by atoms with Gasteiger partial charge in [-0.25, -0.2) is 8.78 Å². The van der Waals surface area contributed by atoms with Crippen molar-refractivity contribution in [2.75, 3.05) is 0 Å². The van der Waals surface area contributed by atoms with Gasteiger partial charge in [0.05, 0.1) is 0 Å². The molecule has 0 N–H and O–H groups in total. The molecule has 0 amide bonds. The third-order valence-corrected chi connectivity index (χ3v) is 5.78. The van der Waals surface area contributed by atoms with Gasteiger partial charge in [-0.3, -0.25) is 4.98 Å². The highest BCUT2D eigenvalue weighted by atomic mass is 19.1. The zero-order chi connectivity index (χ0) is 15.4. The minimum atomic E-state index is -0.603. The molecule has 22 heavy (non-hydrogen) atoms. The van der Waals surface area contributed by atoms with Gasteiger partial charge in [0.25, 0.3) is 0 Å². The third-order valence-electron chi connectivity index (χ3n) is 5.78. The Kier molecular flexibility index (Phi) is 5.43. The van der Waals surface area contributed by atoms with Crippen LogP contribution in [-0.4, -0.2) is 17.3 Å². The van der Waals surface area contributed by atoms with Crippen LogP contribution in [-0.2, 0) is 6.42 Å². The molecule has 0 spiro atoms. The van der Waals surface area contributed by atoms with Crippen LogP contribution < -0.4 is 0 Å². The summed E-state index contributed by atoms with van der Waals surface area (Å²) in [6.07, 6.45) is 8.44. The maximum atomic E-state index is 13.5. The lowest BCUT2D eigenvalue weighted by atomic mass is 9.67. The maximum absolute atomic E-state index is 13.5. The highest BCUT2D eigenvalue weighted by Crippen LogP contribution is 2.42. The van der Waals surface area contributed by atoms with E-state index in [1.54, 1.807) is 0 Å². The molecule has 1 aromatic heterocycles. The quantitative estimate of drug-likeness (QED) is 0.736. The Morgan fingerprint density at radius 3 is 1.86 bits per heavy atom. The van der Waals surface area contributed by atoms with Gasteiger partial charge in [0.15, 0.2) is 0 Å². The van der Waals surface area contributed by atoms with E-state index in [0.29, 0.717) is 43.4 Å². The Hall–Kier alpha value is -0.990. The summed E-state index contributed by atoms with van der Waals surface area (Å²) in [7, 11) is 0. The van der Waals surface area contributed by atoms with Crippen LogP contribution in [0.5, 0.6) is 0 Å². The molecule has 1 aromatic rings. The number of pyridine rings is 1. The molecule has 2 aliphatic carbocycles. The second kappa shape index (κ2) is 7.52. The molecule has 1 nitrogen and oxygen atoms in total. The van der Waals surface area contributed by atoms with E-state index in [-0.39, 0.29) is 0 Å². The van der Waals surface area contributed by atoms with E-state index in [1.807, 2.05) is 18.3 Å². The molecular formula is C19H27F2N. The second-order valence-electron chi connectivity index (χ2n) is 7.21. The van der Waals surface area contributed by atoms with E-state index in [2.05, 4.69) is 11.1 Å². The Labute approximate surface area is 132 Å². The second-order valence-corrected chi connectivity index (χ2v) is 7.21. The van der Waals surface area contributed by atoms with E-state index in [1.165, 1.54) is 0 Å². The molecule has 0 radical (unpaired) electrons. The Morgan fingerprint density at radius 2 is 1.41 bits per heavy atom. The van der Waals surface area contributed by atoms with Crippen molar-refractivity contribution in [1.29, 1.82) is 0 Å². The van der Waals surface area contributed by atoms with Crippen molar-refractivity contribution in [2.45, 2.75) is 70.1 Å². The minimum absolute atomic E-state index is 0.551. The fourth-order valence-electron chi connectivity index (χ4n) is 4.49. The molecule has 1 heterocycles. The first-order valence-electron chi connectivity index (χ1n) is 8.90. The lowest BCUT2D eigenvalue weighted by Gasteiger charge is -2.39. The van der Waals surface area contributed by atoms with Gasteiger partial charge < -0.3 is 0 Å². The summed E-state index contributed by atoms with van der Waals surface area (Å²) in [5.74, 6) is 1.74. The summed E-state index contributed by atoms with van der Waals surface area (Å²) in [4.78, 5) is 4.49. The van der Waals surface area contributed by atoms with Crippen LogP contribution in [0.1, 0.15) is 57.1 Å². The first-order valence-corrected chi connectivity index (χ1v) is 8.90. The molecule has 2 saturated carbocycles. The minimum Gasteiger partial charge on any atom is -0.261 e. The number of alkyl halides is 2. The molecule has 3 heteroatoms. The molecule has 0 saturated heterocycles. The van der Waals surface area contributed by atoms with Gasteiger partial charge >= 0.3 is 0 Å². The monoisotopic (exact) mass is 307 g/mol. The van der Waals surface area contributed by atoms with Crippen LogP contribution >= 0.6 is 0 Å². The van der Waals surface area contributed by atoms with E-state index < -0.39 is 12.3 Å². The van der Waals surface area contributed by atoms with Gasteiger partial charge in [-0.2, -0.15) is 0 Å². The fourth-order valence-corrected chi connectivity index (χ4v) is 4.49. The van der Waals surface area contributed by atoms with Crippen molar-refractivity contribution < 1.29 is 8.78 Å². The summed E-state index contributed by atoms with van der Waals surface area (Å²) in [6, 6.07) is 6.08. The Morgan fingerprint density at radius 1 is 0.864 bits per heavy atom. The number of hydrogen-bond donors (Lipinski definition) is 0. The van der Waals surface area contributed by atoms with E-state index >= 15 is 0 Å². The van der Waals surface area contributed by atoms with Gasteiger partial charge in [-0.1, -0.05) is 6.07 Å². The Bertz CT molecular complexity index is 412. The highest BCUT2D eigenvalue weighted by molar-refractivity contribution is 5.05. The van der Waals surface area contributed by atoms with Gasteiger partial charge in [0, 0.05) is 11.9 Å². The van der Waals surface area contributed by atoms with Crippen molar-refractivity contribution >= 4 is 0 Å². The summed E-state index contributed by atoms with van der Waals surface area (Å²) in [5.41, 5.74) is 1.14. The van der Waals surface area contributed by atoms with E-state index in [9.17, 15) is 8.78 Å². The average Bonchev–Trinajstić information content (AvgIpc) is 2.56. The first-order chi connectivity index (χ1) is 10.7. The average molecular weight is 307 g/mol. The van der Waals surface area contributed by atoms with Crippen LogP contribution in [0.4, 0.5) is 8.78 Å². The lowest BCUT2D eigenvalue weighted by Crippen LogP contribution is -2.32. The number of nitrogens with zero attached hydrogens (tertiary/aromatic N) is 1. The first kappa shape index (κ1) is 15.9. The third kappa shape index (κ3) is 4.05. The molecule has 0 aliphatic heterocycles. The van der Waals surface area contributed by atoms with Gasteiger partial charge in [0.2, 0.25) is 0 Å². The standard InChI is InChI=1S/C19H27F2N/c20-16-8-4-14(5-9-16)19(13-18-3-1-2-12-22-18)15-6-10-17(21)11-7-15/h1-3,12,14-17,19H,4-11,13H2. The molecule has 0 atom stereocenters. The van der Waals surface area contributed by atoms with Crippen LogP contribution in [0.25, 0.3) is 0 Å². The van der Waals surface area contributed by atoms with Crippen LogP contribution in [0, 0.1) is 17.8 Å². The van der Waals surface area contributed by atoms with Crippen LogP contribution in [0.15, 0.2) is 24.4 Å². The van der Waals surface area contributed by atoms with Crippen molar-refractivity contribution in [3.63, 3.8) is 0 Å². The highest BCUT2D eigenvalue weighted by Gasteiger charge is 2.35. The van der Waals surface area contributed by atoms with Crippen molar-refractivity contribution in [3.8, 4) is 0 Å². The normalized spacial score (nSPS) is 34.3. The molecular weight excluding hydrogens is 280 g/mol. The maximum Gasteiger partial charge on any atom is 0.100 e. The SMILES string of the molecule is FC1CCC(C(Cc2ccccn2)C2CCC(F)CC2)CC1. The summed E-state index contributed by atoms with van der Waals surface area (Å²) in [6.45, 7) is 0. The smallest absolute Gasteiger partial charge is 0.100 e. The predicted molar refractivity (Wildman–Crippen MR) is 85.1 cm³/mol. The van der Waals surface area contributed by atoms with Crippen molar-refractivity contribution in [2.24, 2.45) is 17.8 Å². The molecule has 3 rings (SSSR count). The lowest BCUT2D eigenvalue weighted by molar-refractivity contribution is 0.0920. The molecule has 2 fully saturated rings. The number of hydrogen-bond acceptors (Lipinski definition) is 1. The van der Waals surface area contributed by atoms with Gasteiger partial charge in [0.1, 0.15) is 12.3 Å². The number of aromatic nitrogens is 1.